The van der Waals surface area contributed by atoms with Crippen LogP contribution in [0.15, 0.2) is 18.2 Å². The number of benzene rings is 1. The quantitative estimate of drug-likeness (QED) is 0.892. The van der Waals surface area contributed by atoms with Crippen LogP contribution in [0.4, 0.5) is 10.1 Å². The van der Waals surface area contributed by atoms with Gasteiger partial charge in [0.05, 0.1) is 17.3 Å². The first-order valence-corrected chi connectivity index (χ1v) is 7.42. The summed E-state index contributed by atoms with van der Waals surface area (Å²) >= 11 is 5.89. The van der Waals surface area contributed by atoms with Gasteiger partial charge in [-0.2, -0.15) is 0 Å². The molecule has 0 heterocycles. The van der Waals surface area contributed by atoms with Crippen molar-refractivity contribution in [1.29, 1.82) is 0 Å². The summed E-state index contributed by atoms with van der Waals surface area (Å²) in [6.45, 7) is 2.32. The van der Waals surface area contributed by atoms with Gasteiger partial charge in [-0.25, -0.2) is 4.39 Å². The Bertz CT molecular complexity index is 481. The van der Waals surface area contributed by atoms with Gasteiger partial charge < -0.3 is 10.6 Å². The highest BCUT2D eigenvalue weighted by Gasteiger charge is 2.22. The van der Waals surface area contributed by atoms with Gasteiger partial charge in [-0.1, -0.05) is 31.4 Å². The molecule has 1 aromatic carbocycles. The maximum atomic E-state index is 12.9. The lowest BCUT2D eigenvalue weighted by Gasteiger charge is -2.29. The third-order valence-electron chi connectivity index (χ3n) is 3.83. The molecule has 2 N–H and O–H groups in total. The molecule has 0 radical (unpaired) electrons. The van der Waals surface area contributed by atoms with E-state index in [1.54, 1.807) is 0 Å². The van der Waals surface area contributed by atoms with Crippen molar-refractivity contribution in [3.63, 3.8) is 0 Å². The number of carbonyl (C=O) groups excluding carboxylic acids is 1. The molecule has 1 fully saturated rings. The van der Waals surface area contributed by atoms with Gasteiger partial charge in [0.15, 0.2) is 0 Å². The number of amides is 1. The topological polar surface area (TPSA) is 41.1 Å². The number of hydrogen-bond donors (Lipinski definition) is 2. The molecule has 0 aliphatic heterocycles. The largest absolute Gasteiger partial charge is 0.375 e. The monoisotopic (exact) mass is 298 g/mol. The average molecular weight is 299 g/mol. The molecule has 0 saturated heterocycles. The van der Waals surface area contributed by atoms with Crippen LogP contribution in [0.25, 0.3) is 0 Å². The van der Waals surface area contributed by atoms with Crippen LogP contribution >= 0.6 is 11.6 Å². The van der Waals surface area contributed by atoms with E-state index in [9.17, 15) is 9.18 Å². The van der Waals surface area contributed by atoms with Crippen molar-refractivity contribution in [2.24, 2.45) is 5.92 Å². The molecular formula is C15H20ClFN2O. The first kappa shape index (κ1) is 15.1. The Hall–Kier alpha value is -1.29. The average Bonchev–Trinajstić information content (AvgIpc) is 2.40. The Morgan fingerprint density at radius 2 is 2.15 bits per heavy atom. The minimum atomic E-state index is -0.388. The minimum absolute atomic E-state index is 0.0517. The highest BCUT2D eigenvalue weighted by molar-refractivity contribution is 6.33. The molecule has 1 aliphatic rings. The van der Waals surface area contributed by atoms with Crippen molar-refractivity contribution in [1.82, 2.24) is 5.32 Å². The minimum Gasteiger partial charge on any atom is -0.375 e. The predicted octanol–water partition coefficient (Wildman–Crippen LogP) is 3.59. The Labute approximate surface area is 123 Å². The molecule has 2 atom stereocenters. The third kappa shape index (κ3) is 4.10. The van der Waals surface area contributed by atoms with Gasteiger partial charge in [-0.05, 0) is 37.0 Å². The smallest absolute Gasteiger partial charge is 0.239 e. The zero-order valence-corrected chi connectivity index (χ0v) is 12.3. The van der Waals surface area contributed by atoms with Crippen LogP contribution in [0.3, 0.4) is 0 Å². The van der Waals surface area contributed by atoms with Crippen LogP contribution in [-0.4, -0.2) is 18.5 Å². The number of anilines is 1. The maximum absolute atomic E-state index is 12.9. The van der Waals surface area contributed by atoms with Gasteiger partial charge >= 0.3 is 0 Å². The SMILES string of the molecule is CC1CCCCC1NC(=O)CNc1ccc(F)cc1Cl. The van der Waals surface area contributed by atoms with Crippen LogP contribution in [0.1, 0.15) is 32.6 Å². The standard InChI is InChI=1S/C15H20ClFN2O/c1-10-4-2-3-5-13(10)19-15(20)9-18-14-7-6-11(17)8-12(14)16/h6-8,10,13,18H,2-5,9H2,1H3,(H,19,20). The van der Waals surface area contributed by atoms with Crippen molar-refractivity contribution in [3.8, 4) is 0 Å². The van der Waals surface area contributed by atoms with Crippen LogP contribution in [0, 0.1) is 11.7 Å². The molecule has 2 unspecified atom stereocenters. The van der Waals surface area contributed by atoms with Crippen molar-refractivity contribution >= 4 is 23.2 Å². The summed E-state index contributed by atoms with van der Waals surface area (Å²) in [7, 11) is 0. The van der Waals surface area contributed by atoms with Crippen LogP contribution in [0.5, 0.6) is 0 Å². The first-order valence-electron chi connectivity index (χ1n) is 7.04. The van der Waals surface area contributed by atoms with Crippen molar-refractivity contribution in [3.05, 3.63) is 29.0 Å². The molecule has 5 heteroatoms. The lowest BCUT2D eigenvalue weighted by atomic mass is 9.86. The zero-order valence-electron chi connectivity index (χ0n) is 11.6. The Morgan fingerprint density at radius 1 is 1.40 bits per heavy atom. The Morgan fingerprint density at radius 3 is 2.85 bits per heavy atom. The van der Waals surface area contributed by atoms with Crippen LogP contribution in [0.2, 0.25) is 5.02 Å². The molecule has 1 aliphatic carbocycles. The summed E-state index contributed by atoms with van der Waals surface area (Å²) in [5.41, 5.74) is 0.569. The molecule has 0 aromatic heterocycles. The van der Waals surface area contributed by atoms with Gasteiger partial charge in [-0.3, -0.25) is 4.79 Å². The Kier molecular flexibility index (Phi) is 5.24. The molecule has 20 heavy (non-hydrogen) atoms. The van der Waals surface area contributed by atoms with Gasteiger partial charge in [0, 0.05) is 6.04 Å². The van der Waals surface area contributed by atoms with Gasteiger partial charge in [0.2, 0.25) is 5.91 Å². The number of carbonyl (C=O) groups is 1. The molecule has 1 amide bonds. The van der Waals surface area contributed by atoms with Crippen LogP contribution < -0.4 is 10.6 Å². The van der Waals surface area contributed by atoms with E-state index in [2.05, 4.69) is 17.6 Å². The number of rotatable bonds is 4. The van der Waals surface area contributed by atoms with Crippen molar-refractivity contribution in [2.75, 3.05) is 11.9 Å². The summed E-state index contributed by atoms with van der Waals surface area (Å²) in [5.74, 6) is 0.0901. The predicted molar refractivity (Wildman–Crippen MR) is 79.5 cm³/mol. The van der Waals surface area contributed by atoms with E-state index in [0.717, 1.165) is 6.42 Å². The van der Waals surface area contributed by atoms with E-state index < -0.39 is 0 Å². The lowest BCUT2D eigenvalue weighted by molar-refractivity contribution is -0.120. The number of nitrogens with one attached hydrogen (secondary N) is 2. The van der Waals surface area contributed by atoms with Gasteiger partial charge in [0.1, 0.15) is 5.82 Å². The molecule has 1 aromatic rings. The molecule has 1 saturated carbocycles. The fourth-order valence-electron chi connectivity index (χ4n) is 2.60. The third-order valence-corrected chi connectivity index (χ3v) is 4.14. The molecule has 0 bridgehead atoms. The Balaban J connectivity index is 1.82. The summed E-state index contributed by atoms with van der Waals surface area (Å²) in [5, 5.41) is 6.27. The zero-order chi connectivity index (χ0) is 14.5. The summed E-state index contributed by atoms with van der Waals surface area (Å²) in [4.78, 5) is 11.9. The highest BCUT2D eigenvalue weighted by atomic mass is 35.5. The van der Waals surface area contributed by atoms with E-state index in [0.29, 0.717) is 11.6 Å². The van der Waals surface area contributed by atoms with E-state index in [4.69, 9.17) is 11.6 Å². The molecule has 110 valence electrons. The van der Waals surface area contributed by atoms with E-state index in [-0.39, 0.29) is 29.3 Å². The van der Waals surface area contributed by atoms with Crippen LogP contribution in [-0.2, 0) is 4.79 Å². The summed E-state index contributed by atoms with van der Waals surface area (Å²) in [6.07, 6.45) is 4.63. The van der Waals surface area contributed by atoms with Crippen molar-refractivity contribution < 1.29 is 9.18 Å². The first-order chi connectivity index (χ1) is 9.56. The summed E-state index contributed by atoms with van der Waals surface area (Å²) in [6, 6.07) is 4.34. The van der Waals surface area contributed by atoms with E-state index in [1.807, 2.05) is 0 Å². The maximum Gasteiger partial charge on any atom is 0.239 e. The second kappa shape index (κ2) is 6.93. The molecular weight excluding hydrogens is 279 g/mol. The fraction of sp³-hybridized carbons (Fsp3) is 0.533. The molecule has 3 nitrogen and oxygen atoms in total. The normalized spacial score (nSPS) is 22.4. The fourth-order valence-corrected chi connectivity index (χ4v) is 2.83. The van der Waals surface area contributed by atoms with E-state index >= 15 is 0 Å². The lowest BCUT2D eigenvalue weighted by Crippen LogP contribution is -2.43. The molecule has 0 spiro atoms. The highest BCUT2D eigenvalue weighted by Crippen LogP contribution is 2.24. The van der Waals surface area contributed by atoms with E-state index in [1.165, 1.54) is 37.5 Å². The van der Waals surface area contributed by atoms with Gasteiger partial charge in [0.25, 0.3) is 0 Å². The second-order valence-corrected chi connectivity index (χ2v) is 5.82. The van der Waals surface area contributed by atoms with Crippen molar-refractivity contribution in [2.45, 2.75) is 38.6 Å². The molecule has 2 rings (SSSR count). The number of halogens is 2. The van der Waals surface area contributed by atoms with Gasteiger partial charge in [-0.15, -0.1) is 0 Å². The summed E-state index contributed by atoms with van der Waals surface area (Å²) < 4.78 is 12.9. The number of hydrogen-bond acceptors (Lipinski definition) is 2. The second-order valence-electron chi connectivity index (χ2n) is 5.41.